The summed E-state index contributed by atoms with van der Waals surface area (Å²) in [4.78, 5) is 12.9. The third kappa shape index (κ3) is 3.03. The lowest BCUT2D eigenvalue weighted by Gasteiger charge is -2.16. The van der Waals surface area contributed by atoms with Crippen molar-refractivity contribution in [3.63, 3.8) is 0 Å². The lowest BCUT2D eigenvalue weighted by molar-refractivity contribution is 0.162. The van der Waals surface area contributed by atoms with Gasteiger partial charge in [-0.15, -0.1) is 0 Å². The molecule has 1 rings (SSSR count). The molecule has 3 nitrogen and oxygen atoms in total. The Morgan fingerprint density at radius 2 is 2.07 bits per heavy atom. The zero-order chi connectivity index (χ0) is 10.4. The first-order valence-corrected chi connectivity index (χ1v) is 5.39. The lowest BCUT2D eigenvalue weighted by atomic mass is 10.3. The highest BCUT2D eigenvalue weighted by Crippen LogP contribution is 2.11. The van der Waals surface area contributed by atoms with Gasteiger partial charge in [0.15, 0.2) is 0 Å². The molecule has 0 N–H and O–H groups in total. The molecule has 1 aromatic rings. The van der Waals surface area contributed by atoms with Gasteiger partial charge in [-0.3, -0.25) is 4.90 Å². The van der Waals surface area contributed by atoms with E-state index in [1.807, 2.05) is 30.3 Å². The van der Waals surface area contributed by atoms with Crippen molar-refractivity contribution >= 4 is 27.7 Å². The van der Waals surface area contributed by atoms with Gasteiger partial charge in [0, 0.05) is 18.1 Å². The summed E-state index contributed by atoms with van der Waals surface area (Å²) in [5, 5.41) is 0.654. The number of hydrogen-bond acceptors (Lipinski definition) is 2. The fraction of sp³-hybridized carbons (Fsp3) is 0.300. The maximum absolute atomic E-state index is 11.4. The second-order valence-electron chi connectivity index (χ2n) is 2.70. The molecule has 0 heterocycles. The van der Waals surface area contributed by atoms with Crippen LogP contribution in [0.2, 0.25) is 0 Å². The molecule has 76 valence electrons. The number of halogens is 1. The van der Waals surface area contributed by atoms with E-state index in [2.05, 4.69) is 15.9 Å². The van der Waals surface area contributed by atoms with Crippen LogP contribution >= 0.6 is 15.9 Å². The van der Waals surface area contributed by atoms with E-state index in [9.17, 15) is 4.79 Å². The number of ether oxygens (including phenoxy) is 1. The van der Waals surface area contributed by atoms with Crippen molar-refractivity contribution in [2.75, 3.05) is 23.9 Å². The molecule has 0 atom stereocenters. The fourth-order valence-electron chi connectivity index (χ4n) is 0.980. The smallest absolute Gasteiger partial charge is 0.414 e. The van der Waals surface area contributed by atoms with Crippen LogP contribution in [-0.4, -0.2) is 25.1 Å². The average Bonchev–Trinajstić information content (AvgIpc) is 2.26. The second kappa shape index (κ2) is 5.65. The van der Waals surface area contributed by atoms with E-state index >= 15 is 0 Å². The minimum absolute atomic E-state index is 0.337. The Morgan fingerprint density at radius 1 is 1.43 bits per heavy atom. The summed E-state index contributed by atoms with van der Waals surface area (Å²) in [6, 6.07) is 9.37. The molecule has 1 aromatic carbocycles. The zero-order valence-electron chi connectivity index (χ0n) is 7.94. The Kier molecular flexibility index (Phi) is 4.46. The summed E-state index contributed by atoms with van der Waals surface area (Å²) >= 11 is 3.19. The van der Waals surface area contributed by atoms with Crippen molar-refractivity contribution < 1.29 is 9.53 Å². The number of para-hydroxylation sites is 1. The summed E-state index contributed by atoms with van der Waals surface area (Å²) in [6.45, 7) is 0.385. The van der Waals surface area contributed by atoms with Gasteiger partial charge in [-0.25, -0.2) is 4.79 Å². The summed E-state index contributed by atoms with van der Waals surface area (Å²) < 4.78 is 4.95. The van der Waals surface area contributed by atoms with Crippen LogP contribution in [0.5, 0.6) is 0 Å². The predicted octanol–water partition coefficient (Wildman–Crippen LogP) is 2.65. The van der Waals surface area contributed by atoms with E-state index in [1.165, 1.54) is 4.90 Å². The van der Waals surface area contributed by atoms with E-state index in [0.29, 0.717) is 11.9 Å². The highest BCUT2D eigenvalue weighted by molar-refractivity contribution is 9.09. The topological polar surface area (TPSA) is 29.5 Å². The number of benzene rings is 1. The molecule has 0 aliphatic rings. The molecule has 0 spiro atoms. The van der Waals surface area contributed by atoms with Gasteiger partial charge in [-0.1, -0.05) is 34.1 Å². The van der Waals surface area contributed by atoms with Gasteiger partial charge >= 0.3 is 6.09 Å². The quantitative estimate of drug-likeness (QED) is 0.780. The Morgan fingerprint density at radius 3 is 2.64 bits per heavy atom. The molecule has 1 amide bonds. The largest absolute Gasteiger partial charge is 0.448 e. The molecule has 0 fully saturated rings. The molecule has 4 heteroatoms. The van der Waals surface area contributed by atoms with Crippen molar-refractivity contribution in [2.45, 2.75) is 0 Å². The van der Waals surface area contributed by atoms with Crippen molar-refractivity contribution in [2.24, 2.45) is 0 Å². The van der Waals surface area contributed by atoms with E-state index in [-0.39, 0.29) is 6.09 Å². The fourth-order valence-corrected chi connectivity index (χ4v) is 1.14. The van der Waals surface area contributed by atoms with E-state index < -0.39 is 0 Å². The first-order valence-electron chi connectivity index (χ1n) is 4.27. The third-order valence-corrected chi connectivity index (χ3v) is 2.04. The minimum Gasteiger partial charge on any atom is -0.448 e. The normalized spacial score (nSPS) is 9.57. The second-order valence-corrected chi connectivity index (χ2v) is 3.49. The monoisotopic (exact) mass is 257 g/mol. The zero-order valence-corrected chi connectivity index (χ0v) is 9.53. The van der Waals surface area contributed by atoms with Crippen LogP contribution in [0.4, 0.5) is 10.5 Å². The highest BCUT2D eigenvalue weighted by atomic mass is 79.9. The first-order chi connectivity index (χ1) is 6.75. The van der Waals surface area contributed by atoms with Gasteiger partial charge in [-0.05, 0) is 12.1 Å². The SMILES string of the molecule is CN(C(=O)OCCBr)c1ccccc1. The van der Waals surface area contributed by atoms with Crippen LogP contribution in [0.25, 0.3) is 0 Å². The predicted molar refractivity (Wildman–Crippen MR) is 60.0 cm³/mol. The molecule has 0 aliphatic heterocycles. The van der Waals surface area contributed by atoms with Gasteiger partial charge in [0.2, 0.25) is 0 Å². The Balaban J connectivity index is 2.57. The number of alkyl halides is 1. The summed E-state index contributed by atoms with van der Waals surface area (Å²) in [6.07, 6.45) is -0.337. The molecule has 0 bridgehead atoms. The number of anilines is 1. The van der Waals surface area contributed by atoms with Crippen molar-refractivity contribution in [1.29, 1.82) is 0 Å². The standard InChI is InChI=1S/C10H12BrNO2/c1-12(10(13)14-8-7-11)9-5-3-2-4-6-9/h2-6H,7-8H2,1H3. The van der Waals surface area contributed by atoms with Crippen LogP contribution in [-0.2, 0) is 4.74 Å². The number of nitrogens with zero attached hydrogens (tertiary/aromatic N) is 1. The van der Waals surface area contributed by atoms with E-state index in [1.54, 1.807) is 7.05 Å². The number of rotatable bonds is 3. The van der Waals surface area contributed by atoms with Gasteiger partial charge in [-0.2, -0.15) is 0 Å². The summed E-state index contributed by atoms with van der Waals surface area (Å²) in [7, 11) is 1.69. The van der Waals surface area contributed by atoms with Crippen molar-refractivity contribution in [3.05, 3.63) is 30.3 Å². The Labute approximate surface area is 91.8 Å². The van der Waals surface area contributed by atoms with Crippen LogP contribution in [0.3, 0.4) is 0 Å². The number of hydrogen-bond donors (Lipinski definition) is 0. The molecular weight excluding hydrogens is 246 g/mol. The number of amides is 1. The van der Waals surface area contributed by atoms with Crippen LogP contribution in [0, 0.1) is 0 Å². The van der Waals surface area contributed by atoms with Gasteiger partial charge in [0.1, 0.15) is 6.61 Å². The molecule has 0 saturated carbocycles. The number of carbonyl (C=O) groups is 1. The molecular formula is C10H12BrNO2. The van der Waals surface area contributed by atoms with Crippen LogP contribution < -0.4 is 4.90 Å². The molecule has 0 unspecified atom stereocenters. The minimum atomic E-state index is -0.337. The van der Waals surface area contributed by atoms with Crippen molar-refractivity contribution in [3.8, 4) is 0 Å². The Hall–Kier alpha value is -1.03. The Bertz CT molecular complexity index is 289. The molecule has 0 aliphatic carbocycles. The summed E-state index contributed by atoms with van der Waals surface area (Å²) in [5.41, 5.74) is 0.826. The molecule has 0 radical (unpaired) electrons. The van der Waals surface area contributed by atoms with Crippen LogP contribution in [0.1, 0.15) is 0 Å². The summed E-state index contributed by atoms with van der Waals surface area (Å²) in [5.74, 6) is 0. The van der Waals surface area contributed by atoms with Gasteiger partial charge < -0.3 is 4.74 Å². The number of carbonyl (C=O) groups excluding carboxylic acids is 1. The molecule has 0 saturated heterocycles. The lowest BCUT2D eigenvalue weighted by Crippen LogP contribution is -2.27. The maximum atomic E-state index is 11.4. The van der Waals surface area contributed by atoms with E-state index in [0.717, 1.165) is 5.69 Å². The van der Waals surface area contributed by atoms with Crippen LogP contribution in [0.15, 0.2) is 30.3 Å². The highest BCUT2D eigenvalue weighted by Gasteiger charge is 2.10. The molecule has 0 aromatic heterocycles. The third-order valence-electron chi connectivity index (χ3n) is 1.72. The first kappa shape index (κ1) is 11.0. The van der Waals surface area contributed by atoms with Gasteiger partial charge in [0.25, 0.3) is 0 Å². The molecule has 14 heavy (non-hydrogen) atoms. The van der Waals surface area contributed by atoms with Crippen molar-refractivity contribution in [1.82, 2.24) is 0 Å². The van der Waals surface area contributed by atoms with Gasteiger partial charge in [0.05, 0.1) is 0 Å². The maximum Gasteiger partial charge on any atom is 0.414 e. The van der Waals surface area contributed by atoms with E-state index in [4.69, 9.17) is 4.74 Å². The average molecular weight is 258 g/mol.